The number of aromatic nitrogens is 1. The number of hydrogen-bond donors (Lipinski definition) is 1. The van der Waals surface area contributed by atoms with Gasteiger partial charge in [-0.3, -0.25) is 4.98 Å². The molecule has 112 valence electrons. The number of nitrogens with one attached hydrogen (secondary N) is 1. The highest BCUT2D eigenvalue weighted by atomic mass is 15.2. The molecule has 0 bridgehead atoms. The Kier molecular flexibility index (Phi) is 4.11. The lowest BCUT2D eigenvalue weighted by Crippen LogP contribution is -2.42. The van der Waals surface area contributed by atoms with Gasteiger partial charge in [0.2, 0.25) is 0 Å². The second-order valence-electron chi connectivity index (χ2n) is 6.38. The Labute approximate surface area is 127 Å². The summed E-state index contributed by atoms with van der Waals surface area (Å²) >= 11 is 0. The number of pyridine rings is 1. The fraction of sp³-hybridized carbons (Fsp3) is 0.500. The molecule has 1 fully saturated rings. The summed E-state index contributed by atoms with van der Waals surface area (Å²) in [6.45, 7) is 9.08. The maximum Gasteiger partial charge on any atom is 0.0751 e. The Bertz CT molecular complexity index is 613. The van der Waals surface area contributed by atoms with E-state index in [2.05, 4.69) is 54.2 Å². The minimum atomic E-state index is 0.575. The second kappa shape index (κ2) is 6.02. The average molecular weight is 283 g/mol. The number of likely N-dealkylation sites (tertiary alicyclic amines) is 1. The van der Waals surface area contributed by atoms with Crippen LogP contribution in [0.15, 0.2) is 30.5 Å². The average Bonchev–Trinajstić information content (AvgIpc) is 2.51. The van der Waals surface area contributed by atoms with Crippen molar-refractivity contribution in [2.75, 3.05) is 18.4 Å². The monoisotopic (exact) mass is 283 g/mol. The van der Waals surface area contributed by atoms with Crippen LogP contribution in [0.2, 0.25) is 0 Å². The van der Waals surface area contributed by atoms with Crippen LogP contribution in [0.25, 0.3) is 10.9 Å². The van der Waals surface area contributed by atoms with Crippen LogP contribution in [0.5, 0.6) is 0 Å². The summed E-state index contributed by atoms with van der Waals surface area (Å²) in [5, 5.41) is 4.98. The molecule has 0 aliphatic carbocycles. The van der Waals surface area contributed by atoms with E-state index in [1.54, 1.807) is 0 Å². The molecule has 1 aromatic carbocycles. The molecule has 1 aliphatic heterocycles. The molecule has 0 saturated carbocycles. The fourth-order valence-electron chi connectivity index (χ4n) is 3.22. The van der Waals surface area contributed by atoms with Crippen LogP contribution in [0.1, 0.15) is 32.3 Å². The molecule has 1 N–H and O–H groups in total. The molecule has 1 aromatic heterocycles. The van der Waals surface area contributed by atoms with Crippen molar-refractivity contribution in [1.82, 2.24) is 9.88 Å². The Morgan fingerprint density at radius 1 is 1.19 bits per heavy atom. The Morgan fingerprint density at radius 2 is 1.95 bits per heavy atom. The standard InChI is InChI=1S/C18H25N3/c1-13(2)21-11-8-15(9-12-21)20-17-7-6-14(3)18-16(17)5-4-10-19-18/h4-7,10,13,15,20H,8-9,11-12H2,1-3H3. The molecule has 21 heavy (non-hydrogen) atoms. The normalized spacial score (nSPS) is 17.5. The number of hydrogen-bond acceptors (Lipinski definition) is 3. The number of nitrogens with zero attached hydrogens (tertiary/aromatic N) is 2. The van der Waals surface area contributed by atoms with Gasteiger partial charge in [-0.25, -0.2) is 0 Å². The van der Waals surface area contributed by atoms with Crippen molar-refractivity contribution in [3.8, 4) is 0 Å². The van der Waals surface area contributed by atoms with Crippen LogP contribution >= 0.6 is 0 Å². The smallest absolute Gasteiger partial charge is 0.0751 e. The van der Waals surface area contributed by atoms with Crippen LogP contribution in [0.3, 0.4) is 0 Å². The molecule has 0 spiro atoms. The van der Waals surface area contributed by atoms with Gasteiger partial charge in [-0.05, 0) is 57.4 Å². The van der Waals surface area contributed by atoms with Crippen molar-refractivity contribution in [3.05, 3.63) is 36.0 Å². The predicted molar refractivity (Wildman–Crippen MR) is 89.8 cm³/mol. The van der Waals surface area contributed by atoms with Gasteiger partial charge in [-0.15, -0.1) is 0 Å². The molecule has 3 rings (SSSR count). The van der Waals surface area contributed by atoms with Crippen molar-refractivity contribution in [2.45, 2.75) is 45.7 Å². The van der Waals surface area contributed by atoms with Gasteiger partial charge in [0, 0.05) is 42.4 Å². The quantitative estimate of drug-likeness (QED) is 0.928. The third-order valence-electron chi connectivity index (χ3n) is 4.59. The number of anilines is 1. The Hall–Kier alpha value is -1.61. The second-order valence-corrected chi connectivity index (χ2v) is 6.38. The zero-order valence-corrected chi connectivity index (χ0v) is 13.3. The lowest BCUT2D eigenvalue weighted by molar-refractivity contribution is 0.177. The van der Waals surface area contributed by atoms with E-state index < -0.39 is 0 Å². The summed E-state index contributed by atoms with van der Waals surface area (Å²) < 4.78 is 0. The molecular formula is C18H25N3. The Balaban J connectivity index is 1.76. The fourth-order valence-corrected chi connectivity index (χ4v) is 3.22. The highest BCUT2D eigenvalue weighted by Gasteiger charge is 2.21. The van der Waals surface area contributed by atoms with Gasteiger partial charge in [0.15, 0.2) is 0 Å². The van der Waals surface area contributed by atoms with E-state index >= 15 is 0 Å². The van der Waals surface area contributed by atoms with Crippen LogP contribution in [0.4, 0.5) is 5.69 Å². The largest absolute Gasteiger partial charge is 0.382 e. The third-order valence-corrected chi connectivity index (χ3v) is 4.59. The first kappa shape index (κ1) is 14.3. The molecule has 0 unspecified atom stereocenters. The van der Waals surface area contributed by atoms with E-state index in [1.165, 1.54) is 42.6 Å². The van der Waals surface area contributed by atoms with E-state index in [0.717, 1.165) is 5.52 Å². The molecule has 1 aliphatic rings. The predicted octanol–water partition coefficient (Wildman–Crippen LogP) is 3.83. The van der Waals surface area contributed by atoms with Gasteiger partial charge in [0.25, 0.3) is 0 Å². The maximum absolute atomic E-state index is 4.52. The summed E-state index contributed by atoms with van der Waals surface area (Å²) in [6, 6.07) is 9.80. The number of fused-ring (bicyclic) bond motifs is 1. The molecule has 0 amide bonds. The topological polar surface area (TPSA) is 28.2 Å². The minimum Gasteiger partial charge on any atom is -0.382 e. The maximum atomic E-state index is 4.52. The van der Waals surface area contributed by atoms with E-state index in [9.17, 15) is 0 Å². The summed E-state index contributed by atoms with van der Waals surface area (Å²) in [5.74, 6) is 0. The van der Waals surface area contributed by atoms with Crippen LogP contribution < -0.4 is 5.32 Å². The van der Waals surface area contributed by atoms with E-state index in [-0.39, 0.29) is 0 Å². The van der Waals surface area contributed by atoms with Crippen molar-refractivity contribution in [1.29, 1.82) is 0 Å². The molecule has 3 heteroatoms. The molecular weight excluding hydrogens is 258 g/mol. The first-order valence-electron chi connectivity index (χ1n) is 8.00. The summed E-state index contributed by atoms with van der Waals surface area (Å²) in [7, 11) is 0. The molecule has 0 atom stereocenters. The van der Waals surface area contributed by atoms with Crippen LogP contribution in [-0.4, -0.2) is 35.1 Å². The molecule has 2 heterocycles. The summed E-state index contributed by atoms with van der Waals surface area (Å²) in [6.07, 6.45) is 4.31. The first-order chi connectivity index (χ1) is 10.1. The number of benzene rings is 1. The van der Waals surface area contributed by atoms with E-state index in [1.807, 2.05) is 12.3 Å². The van der Waals surface area contributed by atoms with Gasteiger partial charge in [0.1, 0.15) is 0 Å². The highest BCUT2D eigenvalue weighted by Crippen LogP contribution is 2.27. The van der Waals surface area contributed by atoms with Crippen LogP contribution in [0, 0.1) is 6.92 Å². The molecule has 2 aromatic rings. The molecule has 0 radical (unpaired) electrons. The van der Waals surface area contributed by atoms with Gasteiger partial charge >= 0.3 is 0 Å². The van der Waals surface area contributed by atoms with Gasteiger partial charge in [-0.1, -0.05) is 6.07 Å². The zero-order valence-electron chi connectivity index (χ0n) is 13.3. The third kappa shape index (κ3) is 3.03. The van der Waals surface area contributed by atoms with Crippen molar-refractivity contribution >= 4 is 16.6 Å². The SMILES string of the molecule is Cc1ccc(NC2CCN(C(C)C)CC2)c2cccnc12. The molecule has 1 saturated heterocycles. The number of rotatable bonds is 3. The van der Waals surface area contributed by atoms with Crippen molar-refractivity contribution in [2.24, 2.45) is 0 Å². The van der Waals surface area contributed by atoms with E-state index in [0.29, 0.717) is 12.1 Å². The van der Waals surface area contributed by atoms with Gasteiger partial charge in [0.05, 0.1) is 5.52 Å². The summed E-state index contributed by atoms with van der Waals surface area (Å²) in [5.41, 5.74) is 3.58. The van der Waals surface area contributed by atoms with Crippen LogP contribution in [-0.2, 0) is 0 Å². The van der Waals surface area contributed by atoms with E-state index in [4.69, 9.17) is 0 Å². The first-order valence-corrected chi connectivity index (χ1v) is 8.00. The number of aryl methyl sites for hydroxylation is 1. The number of piperidine rings is 1. The zero-order chi connectivity index (χ0) is 14.8. The van der Waals surface area contributed by atoms with Gasteiger partial charge in [-0.2, -0.15) is 0 Å². The highest BCUT2D eigenvalue weighted by molar-refractivity contribution is 5.93. The molecule has 3 nitrogen and oxygen atoms in total. The van der Waals surface area contributed by atoms with Gasteiger partial charge < -0.3 is 10.2 Å². The lowest BCUT2D eigenvalue weighted by atomic mass is 10.0. The summed E-state index contributed by atoms with van der Waals surface area (Å²) in [4.78, 5) is 7.08. The Morgan fingerprint density at radius 3 is 2.67 bits per heavy atom. The van der Waals surface area contributed by atoms with Crippen molar-refractivity contribution < 1.29 is 0 Å². The lowest BCUT2D eigenvalue weighted by Gasteiger charge is -2.35. The minimum absolute atomic E-state index is 0.575. The van der Waals surface area contributed by atoms with Crippen molar-refractivity contribution in [3.63, 3.8) is 0 Å².